The molecular formula is C22H23N. The Morgan fingerprint density at radius 3 is 1.70 bits per heavy atom. The predicted octanol–water partition coefficient (Wildman–Crippen LogP) is 5.00. The van der Waals surface area contributed by atoms with Crippen LogP contribution in [-0.2, 0) is 0 Å². The molecule has 2 unspecified atom stereocenters. The lowest BCUT2D eigenvalue weighted by Gasteiger charge is -2.61. The van der Waals surface area contributed by atoms with E-state index in [0.717, 1.165) is 5.92 Å². The molecule has 23 heavy (non-hydrogen) atoms. The summed E-state index contributed by atoms with van der Waals surface area (Å²) in [6.45, 7) is 5.83. The second-order valence-corrected chi connectivity index (χ2v) is 7.53. The minimum atomic E-state index is 0.515. The Hall–Kier alpha value is -1.86. The molecule has 0 spiro atoms. The number of hydrogen-bond acceptors (Lipinski definition) is 1. The molecular weight excluding hydrogens is 278 g/mol. The maximum atomic E-state index is 4.58. The summed E-state index contributed by atoms with van der Waals surface area (Å²) in [5.41, 5.74) is 4.46. The molecule has 4 fully saturated rings. The second kappa shape index (κ2) is 5.07. The Kier molecular flexibility index (Phi) is 2.99. The van der Waals surface area contributed by atoms with Crippen LogP contribution < -0.4 is 0 Å². The van der Waals surface area contributed by atoms with Crippen LogP contribution in [0.3, 0.4) is 0 Å². The molecule has 6 rings (SSSR count). The van der Waals surface area contributed by atoms with Crippen molar-refractivity contribution in [3.63, 3.8) is 0 Å². The first-order valence-corrected chi connectivity index (χ1v) is 8.87. The van der Waals surface area contributed by atoms with Crippen molar-refractivity contribution in [2.45, 2.75) is 24.9 Å². The van der Waals surface area contributed by atoms with E-state index in [1.54, 1.807) is 0 Å². The highest BCUT2D eigenvalue weighted by Crippen LogP contribution is 2.61. The van der Waals surface area contributed by atoms with Crippen molar-refractivity contribution in [3.05, 3.63) is 83.9 Å². The topological polar surface area (TPSA) is 3.24 Å². The number of nitrogens with zero attached hydrogens (tertiary/aromatic N) is 1. The fourth-order valence-electron chi connectivity index (χ4n) is 5.51. The van der Waals surface area contributed by atoms with Gasteiger partial charge in [0.15, 0.2) is 0 Å². The lowest BCUT2D eigenvalue weighted by Crippen LogP contribution is -2.57. The van der Waals surface area contributed by atoms with Crippen molar-refractivity contribution in [2.75, 3.05) is 6.54 Å². The summed E-state index contributed by atoms with van der Waals surface area (Å²) in [5.74, 6) is 2.17. The zero-order valence-corrected chi connectivity index (χ0v) is 13.4. The van der Waals surface area contributed by atoms with Crippen molar-refractivity contribution in [3.8, 4) is 0 Å². The van der Waals surface area contributed by atoms with Crippen LogP contribution in [0.25, 0.3) is 0 Å². The van der Waals surface area contributed by atoms with Gasteiger partial charge < -0.3 is 0 Å². The lowest BCUT2D eigenvalue weighted by molar-refractivity contribution is -0.0746. The highest BCUT2D eigenvalue weighted by Gasteiger charge is 2.54. The molecule has 1 aliphatic carbocycles. The summed E-state index contributed by atoms with van der Waals surface area (Å²) >= 11 is 0. The summed E-state index contributed by atoms with van der Waals surface area (Å²) in [6, 6.07) is 23.2. The van der Waals surface area contributed by atoms with Gasteiger partial charge in [0.05, 0.1) is 0 Å². The van der Waals surface area contributed by atoms with Crippen LogP contribution in [0.5, 0.6) is 0 Å². The van der Waals surface area contributed by atoms with Gasteiger partial charge in [-0.05, 0) is 41.7 Å². The van der Waals surface area contributed by atoms with Crippen molar-refractivity contribution in [1.29, 1.82) is 0 Å². The standard InChI is InChI=1S/C22H23N/c1-15-19-12-16-13-20(15)22(18-10-6-3-7-11-18)23(14-16)21(19)17-8-4-2-5-9-17/h2-11,16,19-22H,1,12-14H2/t16?,19-,20+,21-,22-/m1/s1. The van der Waals surface area contributed by atoms with E-state index < -0.39 is 0 Å². The van der Waals surface area contributed by atoms with Gasteiger partial charge in [0.25, 0.3) is 0 Å². The number of piperidine rings is 3. The van der Waals surface area contributed by atoms with E-state index in [2.05, 4.69) is 72.1 Å². The largest absolute Gasteiger partial charge is 0.288 e. The van der Waals surface area contributed by atoms with Crippen LogP contribution in [0.2, 0.25) is 0 Å². The highest BCUT2D eigenvalue weighted by atomic mass is 15.2. The smallest absolute Gasteiger partial charge is 0.0420 e. The Bertz CT molecular complexity index is 661. The molecule has 0 amide bonds. The van der Waals surface area contributed by atoms with Gasteiger partial charge >= 0.3 is 0 Å². The third-order valence-electron chi connectivity index (χ3n) is 6.36. The van der Waals surface area contributed by atoms with Gasteiger partial charge in [-0.2, -0.15) is 0 Å². The Balaban J connectivity index is 1.62. The van der Waals surface area contributed by atoms with E-state index in [4.69, 9.17) is 0 Å². The maximum absolute atomic E-state index is 4.58. The number of benzene rings is 2. The van der Waals surface area contributed by atoms with Crippen molar-refractivity contribution < 1.29 is 0 Å². The summed E-state index contributed by atoms with van der Waals surface area (Å²) in [6.07, 6.45) is 2.68. The van der Waals surface area contributed by atoms with Crippen molar-refractivity contribution in [2.24, 2.45) is 17.8 Å². The van der Waals surface area contributed by atoms with E-state index in [-0.39, 0.29) is 0 Å². The van der Waals surface area contributed by atoms with E-state index in [9.17, 15) is 0 Å². The molecule has 6 atom stereocenters. The van der Waals surface area contributed by atoms with Crippen molar-refractivity contribution >= 4 is 0 Å². The summed E-state index contributed by atoms with van der Waals surface area (Å²) < 4.78 is 0. The number of rotatable bonds is 2. The monoisotopic (exact) mass is 301 g/mol. The SMILES string of the molecule is C=C1[C@H]2CC3C[C@@H]1[C@@H](c1ccccc1)N(C3)[C@@H]2c1ccccc1. The van der Waals surface area contributed by atoms with Gasteiger partial charge in [0, 0.05) is 18.6 Å². The van der Waals surface area contributed by atoms with Gasteiger partial charge in [-0.3, -0.25) is 4.90 Å². The third kappa shape index (κ3) is 1.96. The lowest BCUT2D eigenvalue weighted by atomic mass is 9.58. The van der Waals surface area contributed by atoms with Crippen LogP contribution in [0.4, 0.5) is 0 Å². The second-order valence-electron chi connectivity index (χ2n) is 7.53. The van der Waals surface area contributed by atoms with Gasteiger partial charge in [-0.15, -0.1) is 0 Å². The first-order chi connectivity index (χ1) is 11.3. The zero-order valence-electron chi connectivity index (χ0n) is 13.4. The Morgan fingerprint density at radius 1 is 0.739 bits per heavy atom. The average molecular weight is 301 g/mol. The molecule has 4 aliphatic rings. The first kappa shape index (κ1) is 13.6. The fourth-order valence-corrected chi connectivity index (χ4v) is 5.51. The zero-order chi connectivity index (χ0) is 15.4. The summed E-state index contributed by atoms with van der Waals surface area (Å²) in [4.78, 5) is 2.80. The molecule has 2 aromatic rings. The normalized spacial score (nSPS) is 38.0. The number of hydrogen-bond donors (Lipinski definition) is 0. The van der Waals surface area contributed by atoms with Gasteiger partial charge in [0.2, 0.25) is 0 Å². The van der Waals surface area contributed by atoms with Crippen LogP contribution in [0, 0.1) is 17.8 Å². The summed E-state index contributed by atoms with van der Waals surface area (Å²) in [5, 5.41) is 0. The van der Waals surface area contributed by atoms with E-state index in [0.29, 0.717) is 23.9 Å². The summed E-state index contributed by atoms with van der Waals surface area (Å²) in [7, 11) is 0. The average Bonchev–Trinajstić information content (AvgIpc) is 2.61. The van der Waals surface area contributed by atoms with Gasteiger partial charge in [-0.1, -0.05) is 72.8 Å². The highest BCUT2D eigenvalue weighted by molar-refractivity contribution is 5.35. The molecule has 1 nitrogen and oxygen atoms in total. The Morgan fingerprint density at radius 2 is 1.22 bits per heavy atom. The van der Waals surface area contributed by atoms with Crippen LogP contribution >= 0.6 is 0 Å². The molecule has 3 saturated heterocycles. The molecule has 1 saturated carbocycles. The van der Waals surface area contributed by atoms with Crippen LogP contribution in [-0.4, -0.2) is 11.4 Å². The quantitative estimate of drug-likeness (QED) is 0.706. The van der Waals surface area contributed by atoms with Crippen molar-refractivity contribution in [1.82, 2.24) is 4.90 Å². The minimum absolute atomic E-state index is 0.515. The molecule has 4 bridgehead atoms. The molecule has 3 heterocycles. The molecule has 1 heteroatoms. The van der Waals surface area contributed by atoms with Crippen LogP contribution in [0.1, 0.15) is 36.1 Å². The van der Waals surface area contributed by atoms with E-state index in [1.807, 2.05) is 0 Å². The fraction of sp³-hybridized carbons (Fsp3) is 0.364. The van der Waals surface area contributed by atoms with E-state index in [1.165, 1.54) is 36.1 Å². The molecule has 0 aromatic heterocycles. The van der Waals surface area contributed by atoms with Gasteiger partial charge in [-0.25, -0.2) is 0 Å². The maximum Gasteiger partial charge on any atom is 0.0420 e. The van der Waals surface area contributed by atoms with Crippen LogP contribution in [0.15, 0.2) is 72.8 Å². The first-order valence-electron chi connectivity index (χ1n) is 8.87. The minimum Gasteiger partial charge on any atom is -0.288 e. The third-order valence-corrected chi connectivity index (χ3v) is 6.36. The molecule has 2 aromatic carbocycles. The van der Waals surface area contributed by atoms with Gasteiger partial charge in [0.1, 0.15) is 0 Å². The molecule has 116 valence electrons. The van der Waals surface area contributed by atoms with E-state index >= 15 is 0 Å². The molecule has 0 radical (unpaired) electrons. The molecule has 3 aliphatic heterocycles. The molecule has 0 N–H and O–H groups in total. The Labute approximate surface area is 138 Å². The predicted molar refractivity (Wildman–Crippen MR) is 93.9 cm³/mol.